The zero-order valence-corrected chi connectivity index (χ0v) is 14.1. The third kappa shape index (κ3) is 5.06. The highest BCUT2D eigenvalue weighted by Gasteiger charge is 2.21. The largest absolute Gasteiger partial charge is 0.270 e. The molecule has 6 nitrogen and oxygen atoms in total. The average molecular weight is 328 g/mol. The molecule has 124 valence electrons. The molecule has 0 saturated carbocycles. The van der Waals surface area contributed by atoms with Gasteiger partial charge in [-0.05, 0) is 24.8 Å². The van der Waals surface area contributed by atoms with E-state index < -0.39 is 14.9 Å². The number of hydrogen-bond acceptors (Lipinski definition) is 4. The molecule has 1 rings (SSSR count). The lowest BCUT2D eigenvalue weighted by molar-refractivity contribution is -0.385. The van der Waals surface area contributed by atoms with E-state index in [9.17, 15) is 18.5 Å². The summed E-state index contributed by atoms with van der Waals surface area (Å²) >= 11 is 0. The predicted octanol–water partition coefficient (Wildman–Crippen LogP) is 3.40. The molecule has 1 aromatic carbocycles. The fourth-order valence-electron chi connectivity index (χ4n) is 2.24. The number of nitrogens with one attached hydrogen (secondary N) is 1. The highest BCUT2D eigenvalue weighted by molar-refractivity contribution is 7.89. The van der Waals surface area contributed by atoms with E-state index in [2.05, 4.69) is 11.6 Å². The van der Waals surface area contributed by atoms with E-state index in [4.69, 9.17) is 0 Å². The van der Waals surface area contributed by atoms with E-state index in [1.807, 2.05) is 6.92 Å². The Balaban J connectivity index is 2.90. The third-order valence-electron chi connectivity index (χ3n) is 3.78. The minimum absolute atomic E-state index is 0.0213. The normalized spacial score (nSPS) is 13.0. The van der Waals surface area contributed by atoms with Crippen LogP contribution in [-0.2, 0) is 10.0 Å². The number of nitrogens with zero attached hydrogens (tertiary/aromatic N) is 1. The van der Waals surface area contributed by atoms with E-state index >= 15 is 0 Å². The first kappa shape index (κ1) is 18.6. The van der Waals surface area contributed by atoms with E-state index in [1.165, 1.54) is 12.1 Å². The Morgan fingerprint density at radius 2 is 2.00 bits per heavy atom. The molecule has 0 aliphatic carbocycles. The molecule has 0 spiro atoms. The summed E-state index contributed by atoms with van der Waals surface area (Å²) in [4.78, 5) is 10.2. The Hall–Kier alpha value is -1.47. The van der Waals surface area contributed by atoms with Gasteiger partial charge >= 0.3 is 0 Å². The number of aryl methyl sites for hydroxylation is 1. The van der Waals surface area contributed by atoms with Gasteiger partial charge in [-0.1, -0.05) is 39.2 Å². The highest BCUT2D eigenvalue weighted by atomic mass is 32.2. The second-order valence-corrected chi connectivity index (χ2v) is 7.21. The van der Waals surface area contributed by atoms with Gasteiger partial charge in [0.1, 0.15) is 0 Å². The van der Waals surface area contributed by atoms with Crippen molar-refractivity contribution in [3.8, 4) is 0 Å². The molecule has 0 unspecified atom stereocenters. The standard InChI is InChI=1S/C15H24N2O4S/c1-4-6-7-13(5-2)11-16-22(20,21)15-10-14(17(18)19)9-8-12(15)3/h8-10,13,16H,4-7,11H2,1-3H3/t13-/m1/s1. The Morgan fingerprint density at radius 1 is 1.32 bits per heavy atom. The molecule has 0 bridgehead atoms. The molecule has 22 heavy (non-hydrogen) atoms. The van der Waals surface area contributed by atoms with Crippen LogP contribution < -0.4 is 4.72 Å². The minimum Gasteiger partial charge on any atom is -0.258 e. The number of unbranched alkanes of at least 4 members (excludes halogenated alkanes) is 1. The van der Waals surface area contributed by atoms with Crippen molar-refractivity contribution >= 4 is 15.7 Å². The summed E-state index contributed by atoms with van der Waals surface area (Å²) in [6, 6.07) is 3.89. The van der Waals surface area contributed by atoms with Gasteiger partial charge in [-0.2, -0.15) is 0 Å². The van der Waals surface area contributed by atoms with Crippen molar-refractivity contribution in [3.63, 3.8) is 0 Å². The molecule has 0 fully saturated rings. The van der Waals surface area contributed by atoms with Crippen molar-refractivity contribution in [2.75, 3.05) is 6.54 Å². The Kier molecular flexibility index (Phi) is 6.96. The molecular weight excluding hydrogens is 304 g/mol. The molecule has 1 atom stereocenters. The molecule has 7 heteroatoms. The second-order valence-electron chi connectivity index (χ2n) is 5.48. The first-order valence-corrected chi connectivity index (χ1v) is 9.04. The second kappa shape index (κ2) is 8.24. The van der Waals surface area contributed by atoms with Gasteiger partial charge in [-0.25, -0.2) is 13.1 Å². The SMILES string of the molecule is CCCC[C@@H](CC)CNS(=O)(=O)c1cc([N+](=O)[O-])ccc1C. The van der Waals surface area contributed by atoms with Crippen molar-refractivity contribution in [2.45, 2.75) is 51.3 Å². The van der Waals surface area contributed by atoms with E-state index in [0.717, 1.165) is 31.7 Å². The Labute approximate surface area is 132 Å². The fraction of sp³-hybridized carbons (Fsp3) is 0.600. The van der Waals surface area contributed by atoms with Crippen LogP contribution in [0.1, 0.15) is 45.1 Å². The van der Waals surface area contributed by atoms with Crippen molar-refractivity contribution in [3.05, 3.63) is 33.9 Å². The van der Waals surface area contributed by atoms with Gasteiger partial charge in [0.15, 0.2) is 0 Å². The maximum Gasteiger partial charge on any atom is 0.270 e. The number of benzene rings is 1. The number of rotatable bonds is 9. The lowest BCUT2D eigenvalue weighted by Gasteiger charge is -2.16. The quantitative estimate of drug-likeness (QED) is 0.556. The number of non-ortho nitro benzene ring substituents is 1. The third-order valence-corrected chi connectivity index (χ3v) is 5.34. The van der Waals surface area contributed by atoms with Gasteiger partial charge in [0.05, 0.1) is 9.82 Å². The van der Waals surface area contributed by atoms with Crippen LogP contribution in [0, 0.1) is 23.0 Å². The molecular formula is C15H24N2O4S. The molecule has 0 aliphatic rings. The number of nitro benzene ring substituents is 1. The zero-order chi connectivity index (χ0) is 16.8. The van der Waals surface area contributed by atoms with Crippen LogP contribution in [0.25, 0.3) is 0 Å². The summed E-state index contributed by atoms with van der Waals surface area (Å²) in [5.41, 5.74) is 0.281. The van der Waals surface area contributed by atoms with Gasteiger partial charge in [0.2, 0.25) is 10.0 Å². The van der Waals surface area contributed by atoms with E-state index in [0.29, 0.717) is 12.1 Å². The summed E-state index contributed by atoms with van der Waals surface area (Å²) in [5.74, 6) is 0.286. The van der Waals surface area contributed by atoms with Crippen LogP contribution >= 0.6 is 0 Å². The van der Waals surface area contributed by atoms with E-state index in [1.54, 1.807) is 6.92 Å². The van der Waals surface area contributed by atoms with Gasteiger partial charge in [0, 0.05) is 18.7 Å². The zero-order valence-electron chi connectivity index (χ0n) is 13.3. The summed E-state index contributed by atoms with van der Waals surface area (Å²) in [7, 11) is -3.73. The van der Waals surface area contributed by atoms with Crippen molar-refractivity contribution in [1.82, 2.24) is 4.72 Å². The number of nitro groups is 1. The molecule has 0 radical (unpaired) electrons. The molecule has 1 aromatic rings. The van der Waals surface area contributed by atoms with E-state index in [-0.39, 0.29) is 16.5 Å². The van der Waals surface area contributed by atoms with Crippen LogP contribution in [0.4, 0.5) is 5.69 Å². The first-order chi connectivity index (χ1) is 10.3. The van der Waals surface area contributed by atoms with Gasteiger partial charge in [-0.3, -0.25) is 10.1 Å². The highest BCUT2D eigenvalue weighted by Crippen LogP contribution is 2.22. The summed E-state index contributed by atoms with van der Waals surface area (Å²) in [6.45, 7) is 6.13. The van der Waals surface area contributed by atoms with Gasteiger partial charge < -0.3 is 0 Å². The number of hydrogen-bond donors (Lipinski definition) is 1. The lowest BCUT2D eigenvalue weighted by atomic mass is 10.00. The fourth-order valence-corrected chi connectivity index (χ4v) is 3.62. The molecule has 0 aromatic heterocycles. The first-order valence-electron chi connectivity index (χ1n) is 7.56. The Bertz CT molecular complexity index is 614. The van der Waals surface area contributed by atoms with Crippen LogP contribution in [0.2, 0.25) is 0 Å². The van der Waals surface area contributed by atoms with Crippen LogP contribution in [-0.4, -0.2) is 19.9 Å². The van der Waals surface area contributed by atoms with Gasteiger partial charge in [0.25, 0.3) is 5.69 Å². The summed E-state index contributed by atoms with van der Waals surface area (Å²) in [5, 5.41) is 10.8. The van der Waals surface area contributed by atoms with Crippen LogP contribution in [0.3, 0.4) is 0 Å². The molecule has 0 heterocycles. The Morgan fingerprint density at radius 3 is 2.55 bits per heavy atom. The lowest BCUT2D eigenvalue weighted by Crippen LogP contribution is -2.29. The number of sulfonamides is 1. The maximum absolute atomic E-state index is 12.4. The van der Waals surface area contributed by atoms with Crippen LogP contribution in [0.15, 0.2) is 23.1 Å². The summed E-state index contributed by atoms with van der Waals surface area (Å²) < 4.78 is 27.4. The van der Waals surface area contributed by atoms with Crippen molar-refractivity contribution in [2.24, 2.45) is 5.92 Å². The molecule has 0 saturated heterocycles. The van der Waals surface area contributed by atoms with Crippen molar-refractivity contribution in [1.29, 1.82) is 0 Å². The van der Waals surface area contributed by atoms with Crippen molar-refractivity contribution < 1.29 is 13.3 Å². The average Bonchev–Trinajstić information content (AvgIpc) is 2.47. The monoisotopic (exact) mass is 328 g/mol. The molecule has 0 amide bonds. The molecule has 1 N–H and O–H groups in total. The maximum atomic E-state index is 12.4. The topological polar surface area (TPSA) is 89.3 Å². The smallest absolute Gasteiger partial charge is 0.258 e. The minimum atomic E-state index is -3.73. The summed E-state index contributed by atoms with van der Waals surface area (Å²) in [6.07, 6.45) is 4.02. The van der Waals surface area contributed by atoms with Crippen LogP contribution in [0.5, 0.6) is 0 Å². The predicted molar refractivity (Wildman–Crippen MR) is 86.3 cm³/mol. The van der Waals surface area contributed by atoms with Gasteiger partial charge in [-0.15, -0.1) is 0 Å². The molecule has 0 aliphatic heterocycles.